The third kappa shape index (κ3) is 3.16. The quantitative estimate of drug-likeness (QED) is 0.677. The molecule has 0 spiro atoms. The summed E-state index contributed by atoms with van der Waals surface area (Å²) in [5.41, 5.74) is 7.53. The summed E-state index contributed by atoms with van der Waals surface area (Å²) in [6.45, 7) is 2.04. The number of halogens is 1. The topological polar surface area (TPSA) is 56.0 Å². The van der Waals surface area contributed by atoms with E-state index in [0.717, 1.165) is 18.1 Å². The SMILES string of the molecule is CCc1ccc(CC(=O)c2ccc(N)c(F)c2)nc1. The van der Waals surface area contributed by atoms with Crippen LogP contribution in [0.2, 0.25) is 0 Å². The first-order valence-corrected chi connectivity index (χ1v) is 6.12. The first-order chi connectivity index (χ1) is 9.10. The highest BCUT2D eigenvalue weighted by Crippen LogP contribution is 2.14. The molecule has 0 aliphatic heterocycles. The molecule has 0 radical (unpaired) electrons. The van der Waals surface area contributed by atoms with Crippen LogP contribution < -0.4 is 5.73 Å². The number of aromatic nitrogens is 1. The van der Waals surface area contributed by atoms with E-state index in [1.807, 2.05) is 19.1 Å². The van der Waals surface area contributed by atoms with E-state index >= 15 is 0 Å². The molecule has 1 heterocycles. The van der Waals surface area contributed by atoms with Gasteiger partial charge in [0, 0.05) is 17.5 Å². The number of benzene rings is 1. The zero-order chi connectivity index (χ0) is 13.8. The van der Waals surface area contributed by atoms with E-state index in [1.54, 1.807) is 6.20 Å². The Balaban J connectivity index is 2.13. The van der Waals surface area contributed by atoms with Crippen molar-refractivity contribution in [1.29, 1.82) is 0 Å². The molecule has 0 saturated heterocycles. The lowest BCUT2D eigenvalue weighted by atomic mass is 10.1. The van der Waals surface area contributed by atoms with E-state index in [-0.39, 0.29) is 17.9 Å². The number of nitrogen functional groups attached to an aromatic ring is 1. The van der Waals surface area contributed by atoms with Crippen molar-refractivity contribution in [3.05, 3.63) is 59.2 Å². The van der Waals surface area contributed by atoms with Gasteiger partial charge in [-0.25, -0.2) is 4.39 Å². The highest BCUT2D eigenvalue weighted by Gasteiger charge is 2.10. The van der Waals surface area contributed by atoms with Gasteiger partial charge in [0.15, 0.2) is 5.78 Å². The van der Waals surface area contributed by atoms with Crippen LogP contribution in [0, 0.1) is 5.82 Å². The number of carbonyl (C=O) groups is 1. The van der Waals surface area contributed by atoms with Gasteiger partial charge in [-0.3, -0.25) is 9.78 Å². The largest absolute Gasteiger partial charge is 0.396 e. The van der Waals surface area contributed by atoms with Crippen LogP contribution in [0.25, 0.3) is 0 Å². The Morgan fingerprint density at radius 2 is 2.11 bits per heavy atom. The van der Waals surface area contributed by atoms with Crippen molar-refractivity contribution >= 4 is 11.5 Å². The van der Waals surface area contributed by atoms with Gasteiger partial charge in [-0.1, -0.05) is 13.0 Å². The molecule has 1 aromatic carbocycles. The molecule has 0 fully saturated rings. The average molecular weight is 258 g/mol. The van der Waals surface area contributed by atoms with E-state index in [0.29, 0.717) is 11.3 Å². The Bertz CT molecular complexity index is 594. The van der Waals surface area contributed by atoms with Crippen molar-refractivity contribution in [2.45, 2.75) is 19.8 Å². The minimum atomic E-state index is -0.569. The van der Waals surface area contributed by atoms with Gasteiger partial charge in [0.2, 0.25) is 0 Å². The second-order valence-electron chi connectivity index (χ2n) is 4.35. The Morgan fingerprint density at radius 1 is 1.32 bits per heavy atom. The fourth-order valence-electron chi connectivity index (χ4n) is 1.74. The zero-order valence-corrected chi connectivity index (χ0v) is 10.7. The molecule has 19 heavy (non-hydrogen) atoms. The molecule has 4 heteroatoms. The molecular weight excluding hydrogens is 243 g/mol. The monoisotopic (exact) mass is 258 g/mol. The predicted molar refractivity (Wildman–Crippen MR) is 72.5 cm³/mol. The number of pyridine rings is 1. The number of aryl methyl sites for hydroxylation is 1. The number of nitrogens with zero attached hydrogens (tertiary/aromatic N) is 1. The molecule has 0 bridgehead atoms. The van der Waals surface area contributed by atoms with Crippen LogP contribution in [0.4, 0.5) is 10.1 Å². The van der Waals surface area contributed by atoms with Crippen LogP contribution in [-0.4, -0.2) is 10.8 Å². The number of anilines is 1. The Labute approximate surface area is 111 Å². The number of hydrogen-bond donors (Lipinski definition) is 1. The molecule has 2 rings (SSSR count). The van der Waals surface area contributed by atoms with Crippen LogP contribution >= 0.6 is 0 Å². The Hall–Kier alpha value is -2.23. The minimum absolute atomic E-state index is 0.0435. The molecule has 98 valence electrons. The van der Waals surface area contributed by atoms with Crippen molar-refractivity contribution in [3.8, 4) is 0 Å². The predicted octanol–water partition coefficient (Wildman–Crippen LogP) is 2.79. The van der Waals surface area contributed by atoms with Gasteiger partial charge in [0.05, 0.1) is 12.1 Å². The van der Waals surface area contributed by atoms with Crippen LogP contribution in [-0.2, 0) is 12.8 Å². The molecule has 0 atom stereocenters. The highest BCUT2D eigenvalue weighted by molar-refractivity contribution is 5.97. The van der Waals surface area contributed by atoms with Gasteiger partial charge in [-0.05, 0) is 36.2 Å². The summed E-state index contributed by atoms with van der Waals surface area (Å²) in [4.78, 5) is 16.2. The van der Waals surface area contributed by atoms with Gasteiger partial charge < -0.3 is 5.73 Å². The van der Waals surface area contributed by atoms with Gasteiger partial charge >= 0.3 is 0 Å². The molecule has 3 nitrogen and oxygen atoms in total. The molecular formula is C15H15FN2O. The van der Waals surface area contributed by atoms with Gasteiger partial charge in [-0.2, -0.15) is 0 Å². The van der Waals surface area contributed by atoms with Crippen molar-refractivity contribution < 1.29 is 9.18 Å². The summed E-state index contributed by atoms with van der Waals surface area (Å²) in [6, 6.07) is 7.86. The van der Waals surface area contributed by atoms with Crippen LogP contribution in [0.5, 0.6) is 0 Å². The van der Waals surface area contributed by atoms with Crippen molar-refractivity contribution in [1.82, 2.24) is 4.98 Å². The number of Topliss-reactive ketones (excluding diaryl/α,β-unsaturated/α-hetero) is 1. The second kappa shape index (κ2) is 5.61. The normalized spacial score (nSPS) is 10.4. The minimum Gasteiger partial charge on any atom is -0.396 e. The van der Waals surface area contributed by atoms with E-state index in [1.165, 1.54) is 12.1 Å². The molecule has 2 N–H and O–H groups in total. The van der Waals surface area contributed by atoms with E-state index < -0.39 is 5.82 Å². The molecule has 0 aliphatic rings. The van der Waals surface area contributed by atoms with E-state index in [9.17, 15) is 9.18 Å². The number of rotatable bonds is 4. The average Bonchev–Trinajstić information content (AvgIpc) is 2.42. The second-order valence-corrected chi connectivity index (χ2v) is 4.35. The number of hydrogen-bond acceptors (Lipinski definition) is 3. The maximum Gasteiger partial charge on any atom is 0.168 e. The number of ketones is 1. The summed E-state index contributed by atoms with van der Waals surface area (Å²) in [6.07, 6.45) is 2.82. The molecule has 0 unspecified atom stereocenters. The van der Waals surface area contributed by atoms with Crippen LogP contribution in [0.1, 0.15) is 28.5 Å². The van der Waals surface area contributed by atoms with E-state index in [2.05, 4.69) is 4.98 Å². The van der Waals surface area contributed by atoms with Crippen molar-refractivity contribution in [2.24, 2.45) is 0 Å². The lowest BCUT2D eigenvalue weighted by molar-refractivity contribution is 0.0991. The lowest BCUT2D eigenvalue weighted by Gasteiger charge is -2.03. The van der Waals surface area contributed by atoms with Crippen LogP contribution in [0.15, 0.2) is 36.5 Å². The Morgan fingerprint density at radius 3 is 2.68 bits per heavy atom. The first-order valence-electron chi connectivity index (χ1n) is 6.12. The fraction of sp³-hybridized carbons (Fsp3) is 0.200. The first kappa shape index (κ1) is 13.2. The van der Waals surface area contributed by atoms with Gasteiger partial charge in [0.25, 0.3) is 0 Å². The number of carbonyl (C=O) groups excluding carboxylic acids is 1. The summed E-state index contributed by atoms with van der Waals surface area (Å²) in [7, 11) is 0. The zero-order valence-electron chi connectivity index (χ0n) is 10.7. The van der Waals surface area contributed by atoms with E-state index in [4.69, 9.17) is 5.73 Å². The molecule has 1 aromatic heterocycles. The maximum atomic E-state index is 13.3. The summed E-state index contributed by atoms with van der Waals surface area (Å²) >= 11 is 0. The molecule has 2 aromatic rings. The highest BCUT2D eigenvalue weighted by atomic mass is 19.1. The number of nitrogens with two attached hydrogens (primary N) is 1. The molecule has 0 saturated carbocycles. The fourth-order valence-corrected chi connectivity index (χ4v) is 1.74. The third-order valence-corrected chi connectivity index (χ3v) is 2.96. The lowest BCUT2D eigenvalue weighted by Crippen LogP contribution is -2.06. The Kier molecular flexibility index (Phi) is 3.90. The summed E-state index contributed by atoms with van der Waals surface area (Å²) in [5.74, 6) is -0.740. The smallest absolute Gasteiger partial charge is 0.168 e. The molecule has 0 aliphatic carbocycles. The van der Waals surface area contributed by atoms with Crippen LogP contribution in [0.3, 0.4) is 0 Å². The standard InChI is InChI=1S/C15H15FN2O/c1-2-10-3-5-12(18-9-10)8-15(19)11-4-6-14(17)13(16)7-11/h3-7,9H,2,8,17H2,1H3. The maximum absolute atomic E-state index is 13.3. The van der Waals surface area contributed by atoms with Gasteiger partial charge in [0.1, 0.15) is 5.82 Å². The molecule has 0 amide bonds. The van der Waals surface area contributed by atoms with Gasteiger partial charge in [-0.15, -0.1) is 0 Å². The van der Waals surface area contributed by atoms with Crippen molar-refractivity contribution in [3.63, 3.8) is 0 Å². The third-order valence-electron chi connectivity index (χ3n) is 2.96. The van der Waals surface area contributed by atoms with Crippen molar-refractivity contribution in [2.75, 3.05) is 5.73 Å². The summed E-state index contributed by atoms with van der Waals surface area (Å²) in [5, 5.41) is 0. The summed E-state index contributed by atoms with van der Waals surface area (Å²) < 4.78 is 13.3.